The normalized spacial score (nSPS) is 14.2. The van der Waals surface area contributed by atoms with E-state index in [4.69, 9.17) is 0 Å². The fraction of sp³-hybridized carbons (Fsp3) is 0.571. The van der Waals surface area contributed by atoms with Gasteiger partial charge in [-0.15, -0.1) is 0 Å². The molecule has 8 nitrogen and oxygen atoms in total. The van der Waals surface area contributed by atoms with Gasteiger partial charge in [-0.1, -0.05) is 0 Å². The van der Waals surface area contributed by atoms with Crippen LogP contribution in [0.2, 0.25) is 0 Å². The van der Waals surface area contributed by atoms with Gasteiger partial charge in [0.1, 0.15) is 0 Å². The minimum absolute atomic E-state index is 0. The Bertz CT molecular complexity index is 2110. The molecule has 0 amide bonds. The van der Waals surface area contributed by atoms with E-state index in [1.807, 2.05) is 0 Å². The zero-order valence-electron chi connectivity index (χ0n) is 49.4. The molecule has 0 saturated heterocycles. The third kappa shape index (κ3) is 12.9. The predicted molar refractivity (Wildman–Crippen MR) is 322 cm³/mol. The number of hydrogen-bond acceptors (Lipinski definition) is 8. The second-order valence-electron chi connectivity index (χ2n) is 24.2. The van der Waals surface area contributed by atoms with Crippen molar-refractivity contribution in [2.45, 2.75) is 158 Å². The van der Waals surface area contributed by atoms with Crippen LogP contribution in [0.5, 0.6) is 0 Å². The van der Waals surface area contributed by atoms with Crippen molar-refractivity contribution in [3.63, 3.8) is 0 Å². The van der Waals surface area contributed by atoms with Crippen molar-refractivity contribution in [2.24, 2.45) is 0 Å². The second-order valence-corrected chi connectivity index (χ2v) is 35.1. The summed E-state index contributed by atoms with van der Waals surface area (Å²) in [6, 6.07) is 27.3. The molecular formula is C56H96B4Cl2N8Ti2-2. The maximum atomic E-state index is 9.49. The van der Waals surface area contributed by atoms with Gasteiger partial charge < -0.3 is 0 Å². The van der Waals surface area contributed by atoms with Crippen LogP contribution in [0.4, 0.5) is 22.7 Å². The van der Waals surface area contributed by atoms with Crippen LogP contribution in [0.1, 0.15) is 203 Å². The largest absolute Gasteiger partial charge is 0 e. The van der Waals surface area contributed by atoms with Crippen LogP contribution in [0.25, 0.3) is 0 Å². The van der Waals surface area contributed by atoms with Crippen molar-refractivity contribution in [3.8, 4) is 0 Å². The SMILES string of the molecule is CC(C)c1cccc(C(C)C)c1NB(N(C)C)[B-](Nc1c(C(C)C)cccc1C(C)C)(N(C)C)[Ti]([Cl])([Cl])[B-](Nc1c(C(C)C)cccc1C(C)C)(B(Nc1c(C(C)C)cccc1C(C)C)N(C)C)N(C)C.[Ti]. The number of anilines is 4. The van der Waals surface area contributed by atoms with Gasteiger partial charge in [0.15, 0.2) is 0 Å². The van der Waals surface area contributed by atoms with E-state index in [-0.39, 0.29) is 69.1 Å². The quantitative estimate of drug-likeness (QED) is 0.0518. The zero-order chi connectivity index (χ0) is 53.8. The molecule has 16 heteroatoms. The van der Waals surface area contributed by atoms with Gasteiger partial charge in [-0.25, -0.2) is 0 Å². The van der Waals surface area contributed by atoms with Crippen molar-refractivity contribution < 1.29 is 35.8 Å². The molecular weight excluding hydrogens is 995 g/mol. The molecule has 0 aliphatic carbocycles. The molecule has 0 radical (unpaired) electrons. The minimum atomic E-state index is -5.12. The van der Waals surface area contributed by atoms with E-state index in [1.165, 1.54) is 44.5 Å². The molecule has 0 fully saturated rings. The molecule has 0 spiro atoms. The summed E-state index contributed by atoms with van der Waals surface area (Å²) in [5.74, 6) is 1.89. The standard InChI is InChI=1S/2C28H48B2N4.2ClH.2Ti/c2*1-19(2)23-15-13-16-24(20(3)4)27(23)31-29(33(9)10)30(34(11)12)32-28-25(21(5)6)17-14-18-26(28)22(7)8;;;;/h2*13-22,31-32H,1-12H3;2*1H;;/p-2. The summed E-state index contributed by atoms with van der Waals surface area (Å²) in [5, 5.41) is 17.9. The first kappa shape index (κ1) is 64.5. The van der Waals surface area contributed by atoms with Crippen LogP contribution >= 0.6 is 18.6 Å². The van der Waals surface area contributed by atoms with Gasteiger partial charge in [0.2, 0.25) is 0 Å². The van der Waals surface area contributed by atoms with Gasteiger partial charge in [-0.3, -0.25) is 0 Å². The van der Waals surface area contributed by atoms with Gasteiger partial charge in [0, 0.05) is 21.7 Å². The Balaban J connectivity index is 0.0000137. The third-order valence-electron chi connectivity index (χ3n) is 15.6. The molecule has 0 saturated carbocycles. The van der Waals surface area contributed by atoms with Crippen LogP contribution in [0.3, 0.4) is 0 Å². The first-order valence-electron chi connectivity index (χ1n) is 26.9. The molecule has 4 rings (SSSR count). The summed E-state index contributed by atoms with van der Waals surface area (Å²) in [7, 11) is 36.7. The van der Waals surface area contributed by atoms with E-state index in [1.54, 1.807) is 0 Å². The second kappa shape index (κ2) is 26.5. The Labute approximate surface area is 468 Å². The topological polar surface area (TPSA) is 61.1 Å². The zero-order valence-corrected chi connectivity index (χ0v) is 54.0. The molecule has 4 N–H and O–H groups in total. The fourth-order valence-electron chi connectivity index (χ4n) is 11.6. The van der Waals surface area contributed by atoms with E-state index in [0.29, 0.717) is 0 Å². The average molecular weight is 1090 g/mol. The Morgan fingerprint density at radius 3 is 0.694 bits per heavy atom. The smallest absolute Gasteiger partial charge is 0 e. The Morgan fingerprint density at radius 1 is 0.361 bits per heavy atom. The number of nitrogens with one attached hydrogen (secondary N) is 4. The van der Waals surface area contributed by atoms with Gasteiger partial charge in [0.25, 0.3) is 0 Å². The molecule has 0 aliphatic heterocycles. The van der Waals surface area contributed by atoms with Crippen LogP contribution in [0, 0.1) is 0 Å². The first-order chi connectivity index (χ1) is 32.9. The molecule has 0 aliphatic rings. The van der Waals surface area contributed by atoms with Crippen molar-refractivity contribution >= 4 is 64.1 Å². The fourth-order valence-corrected chi connectivity index (χ4v) is 24.6. The molecule has 4 aromatic carbocycles. The molecule has 2 atom stereocenters. The van der Waals surface area contributed by atoms with Crippen molar-refractivity contribution in [1.29, 1.82) is 0 Å². The van der Waals surface area contributed by atoms with Crippen molar-refractivity contribution in [2.75, 3.05) is 77.3 Å². The monoisotopic (exact) mass is 1090 g/mol. The van der Waals surface area contributed by atoms with Crippen molar-refractivity contribution in [1.82, 2.24) is 19.2 Å². The van der Waals surface area contributed by atoms with Gasteiger partial charge in [-0.05, 0) is 0 Å². The maximum absolute atomic E-state index is 9.49. The minimum Gasteiger partial charge on any atom is 0 e. The summed E-state index contributed by atoms with van der Waals surface area (Å²) in [6.45, 7) is 36.0. The molecule has 396 valence electrons. The molecule has 0 aromatic heterocycles. The van der Waals surface area contributed by atoms with E-state index in [0.717, 1.165) is 22.7 Å². The van der Waals surface area contributed by atoms with E-state index < -0.39 is 36.8 Å². The van der Waals surface area contributed by atoms with E-state index >= 15 is 0 Å². The van der Waals surface area contributed by atoms with Gasteiger partial charge >= 0.3 is 450 Å². The van der Waals surface area contributed by atoms with Crippen molar-refractivity contribution in [3.05, 3.63) is 117 Å². The Hall–Kier alpha value is -1.81. The maximum Gasteiger partial charge on any atom is 0 e. The molecule has 2 unspecified atom stereocenters. The first-order valence-corrected chi connectivity index (χ1v) is 33.0. The molecule has 0 bridgehead atoms. The van der Waals surface area contributed by atoms with E-state index in [9.17, 15) is 18.6 Å². The van der Waals surface area contributed by atoms with Crippen LogP contribution in [-0.4, -0.2) is 98.3 Å². The number of rotatable bonds is 24. The van der Waals surface area contributed by atoms with E-state index in [2.05, 4.69) is 280 Å². The average Bonchev–Trinajstić information content (AvgIpc) is 3.27. The number of para-hydroxylation sites is 4. The molecule has 0 heterocycles. The number of halogens is 2. The van der Waals surface area contributed by atoms with Crippen LogP contribution < -0.4 is 20.9 Å². The summed E-state index contributed by atoms with van der Waals surface area (Å²) in [4.78, 5) is 9.54. The Morgan fingerprint density at radius 2 is 0.542 bits per heavy atom. The number of benzene rings is 4. The number of hydrogen-bond donors (Lipinski definition) is 4. The third-order valence-corrected chi connectivity index (χ3v) is 27.8. The summed E-state index contributed by atoms with van der Waals surface area (Å²) in [5.41, 5.74) is 14.6. The van der Waals surface area contributed by atoms with Crippen LogP contribution in [0.15, 0.2) is 72.8 Å². The van der Waals surface area contributed by atoms with Crippen LogP contribution in [-0.2, 0) is 35.8 Å². The van der Waals surface area contributed by atoms with Gasteiger partial charge in [-0.2, -0.15) is 0 Å². The molecule has 72 heavy (non-hydrogen) atoms. The molecule has 4 aromatic rings. The summed E-state index contributed by atoms with van der Waals surface area (Å²) in [6.07, 6.45) is 0. The Kier molecular flexibility index (Phi) is 23.7. The summed E-state index contributed by atoms with van der Waals surface area (Å²) >= 11 is -5.12. The summed E-state index contributed by atoms with van der Waals surface area (Å²) < 4.78 is -4.66. The number of nitrogens with zero attached hydrogens (tertiary/aromatic N) is 4. The predicted octanol–water partition coefficient (Wildman–Crippen LogP) is 15.1. The van der Waals surface area contributed by atoms with Gasteiger partial charge in [0.05, 0.1) is 0 Å².